The van der Waals surface area contributed by atoms with Gasteiger partial charge in [-0.05, 0) is 51.1 Å². The molecule has 1 saturated carbocycles. The van der Waals surface area contributed by atoms with Gasteiger partial charge in [-0.15, -0.1) is 13.5 Å². The predicted octanol–water partition coefficient (Wildman–Crippen LogP) is 5.04. The molecule has 1 unspecified atom stereocenters. The topological polar surface area (TPSA) is 0 Å². The number of hydrogen-bond acceptors (Lipinski definition) is 0. The molecule has 0 amide bonds. The van der Waals surface area contributed by atoms with Crippen LogP contribution in [0, 0.1) is 0 Å². The van der Waals surface area contributed by atoms with Gasteiger partial charge < -0.3 is 0 Å². The molecular formula is C14H28P2. The van der Waals surface area contributed by atoms with Crippen molar-refractivity contribution in [2.45, 2.75) is 44.2 Å². The first-order valence-corrected chi connectivity index (χ1v) is 11.4. The summed E-state index contributed by atoms with van der Waals surface area (Å²) in [6, 6.07) is 0. The van der Waals surface area contributed by atoms with E-state index in [0.717, 1.165) is 5.66 Å². The maximum absolute atomic E-state index is 3.88. The van der Waals surface area contributed by atoms with Crippen LogP contribution in [0.15, 0.2) is 12.7 Å². The van der Waals surface area contributed by atoms with E-state index in [4.69, 9.17) is 0 Å². The zero-order chi connectivity index (χ0) is 12.0. The first-order valence-electron chi connectivity index (χ1n) is 6.57. The SMILES string of the molecule is C=CCCP(C=P(C)(C)C)C1CCCCC1. The van der Waals surface area contributed by atoms with Crippen LogP contribution in [-0.4, -0.2) is 37.4 Å². The van der Waals surface area contributed by atoms with E-state index in [1.807, 2.05) is 0 Å². The molecular weight excluding hydrogens is 230 g/mol. The van der Waals surface area contributed by atoms with Gasteiger partial charge in [-0.25, -0.2) is 0 Å². The van der Waals surface area contributed by atoms with Crippen LogP contribution in [0.4, 0.5) is 0 Å². The molecule has 0 N–H and O–H groups in total. The van der Waals surface area contributed by atoms with E-state index in [9.17, 15) is 0 Å². The second-order valence-electron chi connectivity index (χ2n) is 5.84. The monoisotopic (exact) mass is 258 g/mol. The van der Waals surface area contributed by atoms with Gasteiger partial charge in [-0.2, -0.15) is 0 Å². The van der Waals surface area contributed by atoms with Gasteiger partial charge in [-0.3, -0.25) is 0 Å². The van der Waals surface area contributed by atoms with E-state index in [1.54, 1.807) is 0 Å². The minimum Gasteiger partial charge on any atom is -0.113 e. The summed E-state index contributed by atoms with van der Waals surface area (Å²) in [7, 11) is 0.180. The Hall–Kier alpha value is 0.470. The lowest BCUT2D eigenvalue weighted by atomic mass is 10.0. The van der Waals surface area contributed by atoms with E-state index in [1.165, 1.54) is 44.7 Å². The smallest absolute Gasteiger partial charge is 0.0174 e. The molecule has 0 nitrogen and oxygen atoms in total. The van der Waals surface area contributed by atoms with Gasteiger partial charge in [0.1, 0.15) is 0 Å². The number of rotatable bonds is 5. The van der Waals surface area contributed by atoms with Crippen molar-refractivity contribution in [1.82, 2.24) is 0 Å². The molecule has 0 aromatic rings. The second kappa shape index (κ2) is 7.03. The average molecular weight is 258 g/mol. The molecule has 0 heterocycles. The van der Waals surface area contributed by atoms with Gasteiger partial charge in [0.25, 0.3) is 0 Å². The summed E-state index contributed by atoms with van der Waals surface area (Å²) in [6.45, 7) is 10.5. The standard InChI is InChI=1S/C14H28P2/c1-5-6-12-15(13-16(2,3)4)14-10-8-7-9-11-14/h5,13-14H,1,6-12H2,2-4H3. The molecule has 1 aliphatic rings. The Bertz CT molecular complexity index is 248. The summed E-state index contributed by atoms with van der Waals surface area (Å²) in [5, 5.41) is 0. The van der Waals surface area contributed by atoms with Gasteiger partial charge in [0.2, 0.25) is 0 Å². The molecule has 1 aliphatic carbocycles. The zero-order valence-electron chi connectivity index (χ0n) is 11.3. The molecule has 0 radical (unpaired) electrons. The maximum Gasteiger partial charge on any atom is -0.0174 e. The van der Waals surface area contributed by atoms with Gasteiger partial charge >= 0.3 is 0 Å². The Kier molecular flexibility index (Phi) is 6.38. The Morgan fingerprint density at radius 2 is 1.81 bits per heavy atom. The third-order valence-corrected chi connectivity index (χ3v) is 9.32. The second-order valence-corrected chi connectivity index (χ2v) is 13.2. The quantitative estimate of drug-likeness (QED) is 0.478. The Morgan fingerprint density at radius 3 is 2.31 bits per heavy atom. The van der Waals surface area contributed by atoms with Gasteiger partial charge in [0, 0.05) is 0 Å². The molecule has 0 aliphatic heterocycles. The molecule has 1 atom stereocenters. The summed E-state index contributed by atoms with van der Waals surface area (Å²) in [4.78, 5) is 0. The molecule has 0 aromatic carbocycles. The average Bonchev–Trinajstić information content (AvgIpc) is 2.24. The van der Waals surface area contributed by atoms with Crippen molar-refractivity contribution in [3.05, 3.63) is 12.7 Å². The van der Waals surface area contributed by atoms with Crippen LogP contribution >= 0.6 is 14.8 Å². The van der Waals surface area contributed by atoms with E-state index in [2.05, 4.69) is 38.2 Å². The molecule has 0 saturated heterocycles. The molecule has 16 heavy (non-hydrogen) atoms. The van der Waals surface area contributed by atoms with Crippen LogP contribution in [-0.2, 0) is 0 Å². The first-order chi connectivity index (χ1) is 7.53. The van der Waals surface area contributed by atoms with Gasteiger partial charge in [-0.1, -0.05) is 38.8 Å². The normalized spacial score (nSPS) is 20.4. The van der Waals surface area contributed by atoms with Crippen molar-refractivity contribution >= 4 is 20.3 Å². The number of hydrogen-bond donors (Lipinski definition) is 0. The number of allylic oxidation sites excluding steroid dienone is 1. The van der Waals surface area contributed by atoms with Crippen molar-refractivity contribution in [3.8, 4) is 0 Å². The van der Waals surface area contributed by atoms with Crippen LogP contribution in [0.3, 0.4) is 0 Å². The third kappa shape index (κ3) is 5.70. The Balaban J connectivity index is 2.65. The van der Waals surface area contributed by atoms with E-state index >= 15 is 0 Å². The predicted molar refractivity (Wildman–Crippen MR) is 84.2 cm³/mol. The fourth-order valence-corrected chi connectivity index (χ4v) is 9.08. The van der Waals surface area contributed by atoms with Crippen molar-refractivity contribution in [2.24, 2.45) is 0 Å². The highest BCUT2D eigenvalue weighted by atomic mass is 31.2. The minimum atomic E-state index is -0.709. The first kappa shape index (κ1) is 14.5. The fourth-order valence-electron chi connectivity index (χ4n) is 2.43. The van der Waals surface area contributed by atoms with E-state index < -0.39 is 6.89 Å². The van der Waals surface area contributed by atoms with Crippen LogP contribution in [0.5, 0.6) is 0 Å². The summed E-state index contributed by atoms with van der Waals surface area (Å²) >= 11 is 0. The van der Waals surface area contributed by atoms with E-state index in [0.29, 0.717) is 0 Å². The molecule has 1 fully saturated rings. The molecule has 94 valence electrons. The van der Waals surface area contributed by atoms with Crippen molar-refractivity contribution in [2.75, 3.05) is 26.2 Å². The van der Waals surface area contributed by atoms with Crippen LogP contribution < -0.4 is 0 Å². The molecule has 1 rings (SSSR count). The summed E-state index contributed by atoms with van der Waals surface area (Å²) in [5.74, 6) is 0. The summed E-state index contributed by atoms with van der Waals surface area (Å²) in [6.07, 6.45) is 12.2. The van der Waals surface area contributed by atoms with Crippen LogP contribution in [0.1, 0.15) is 38.5 Å². The molecule has 0 bridgehead atoms. The van der Waals surface area contributed by atoms with Crippen LogP contribution in [0.2, 0.25) is 0 Å². The summed E-state index contributed by atoms with van der Waals surface area (Å²) in [5.41, 5.74) is 3.82. The Morgan fingerprint density at radius 1 is 1.19 bits per heavy atom. The Labute approximate surface area is 104 Å². The highest BCUT2D eigenvalue weighted by Crippen LogP contribution is 2.52. The highest BCUT2D eigenvalue weighted by Gasteiger charge is 2.21. The lowest BCUT2D eigenvalue weighted by Gasteiger charge is -2.30. The van der Waals surface area contributed by atoms with Crippen molar-refractivity contribution in [1.29, 1.82) is 0 Å². The highest BCUT2D eigenvalue weighted by molar-refractivity contribution is 7.92. The van der Waals surface area contributed by atoms with Crippen LogP contribution in [0.25, 0.3) is 0 Å². The zero-order valence-corrected chi connectivity index (χ0v) is 13.1. The van der Waals surface area contributed by atoms with Gasteiger partial charge in [0.05, 0.1) is 0 Å². The third-order valence-electron chi connectivity index (χ3n) is 3.13. The molecule has 0 spiro atoms. The maximum atomic E-state index is 3.88. The summed E-state index contributed by atoms with van der Waals surface area (Å²) < 4.78 is 0. The largest absolute Gasteiger partial charge is 0.113 e. The van der Waals surface area contributed by atoms with E-state index in [-0.39, 0.29) is 7.92 Å². The van der Waals surface area contributed by atoms with Crippen molar-refractivity contribution < 1.29 is 0 Å². The molecule has 0 aromatic heterocycles. The minimum absolute atomic E-state index is 0.180. The lowest BCUT2D eigenvalue weighted by molar-refractivity contribution is 0.512. The van der Waals surface area contributed by atoms with Crippen molar-refractivity contribution in [3.63, 3.8) is 0 Å². The van der Waals surface area contributed by atoms with Gasteiger partial charge in [0.15, 0.2) is 0 Å². The molecule has 2 heteroatoms. The fraction of sp³-hybridized carbons (Fsp3) is 0.786. The lowest BCUT2D eigenvalue weighted by Crippen LogP contribution is -2.12.